The van der Waals surface area contributed by atoms with E-state index in [0.717, 1.165) is 11.1 Å². The Morgan fingerprint density at radius 1 is 1.13 bits per heavy atom. The molecule has 2 aromatic carbocycles. The lowest BCUT2D eigenvalue weighted by Gasteiger charge is -2.18. The summed E-state index contributed by atoms with van der Waals surface area (Å²) < 4.78 is 13.1. The van der Waals surface area contributed by atoms with Crippen molar-refractivity contribution >= 4 is 6.03 Å². The number of hydrogen-bond donors (Lipinski definition) is 3. The van der Waals surface area contributed by atoms with Crippen molar-refractivity contribution in [3.63, 3.8) is 0 Å². The molecule has 0 spiro atoms. The van der Waals surface area contributed by atoms with Crippen molar-refractivity contribution < 1.29 is 14.3 Å². The van der Waals surface area contributed by atoms with Gasteiger partial charge < -0.3 is 15.7 Å². The van der Waals surface area contributed by atoms with Crippen LogP contribution in [0.25, 0.3) is 0 Å². The van der Waals surface area contributed by atoms with Gasteiger partial charge in [0.05, 0.1) is 6.04 Å². The highest BCUT2D eigenvalue weighted by Gasteiger charge is 2.13. The van der Waals surface area contributed by atoms with E-state index in [0.29, 0.717) is 19.4 Å². The molecule has 5 heteroatoms. The predicted molar refractivity (Wildman–Crippen MR) is 87.5 cm³/mol. The van der Waals surface area contributed by atoms with Crippen molar-refractivity contribution in [3.8, 4) is 0 Å². The maximum absolute atomic E-state index is 13.1. The fourth-order valence-corrected chi connectivity index (χ4v) is 2.36. The molecule has 0 unspecified atom stereocenters. The summed E-state index contributed by atoms with van der Waals surface area (Å²) in [4.78, 5) is 12.0. The predicted octanol–water partition coefficient (Wildman–Crippen LogP) is 2.79. The molecule has 2 amide bonds. The molecule has 2 rings (SSSR count). The second kappa shape index (κ2) is 8.90. The molecule has 1 atom stereocenters. The average Bonchev–Trinajstić information content (AvgIpc) is 2.55. The zero-order chi connectivity index (χ0) is 16.5. The molecule has 3 N–H and O–H groups in total. The Morgan fingerprint density at radius 2 is 1.91 bits per heavy atom. The molecule has 0 fully saturated rings. The van der Waals surface area contributed by atoms with Gasteiger partial charge in [-0.1, -0.05) is 42.5 Å². The standard InChI is InChI=1S/C18H21FN2O2/c19-16-8-4-5-14(13-16)9-11-20-18(23)21-17(10-12-22)15-6-2-1-3-7-15/h1-8,13,17,22H,9-12H2,(H2,20,21,23)/t17-/m1/s1. The van der Waals surface area contributed by atoms with Crippen molar-refractivity contribution in [1.82, 2.24) is 10.6 Å². The minimum atomic E-state index is -0.302. The summed E-state index contributed by atoms with van der Waals surface area (Å²) in [6.45, 7) is 0.402. The average molecular weight is 316 g/mol. The summed E-state index contributed by atoms with van der Waals surface area (Å²) in [6, 6.07) is 15.3. The van der Waals surface area contributed by atoms with Crippen LogP contribution in [0.1, 0.15) is 23.6 Å². The smallest absolute Gasteiger partial charge is 0.315 e. The summed E-state index contributed by atoms with van der Waals surface area (Å²) >= 11 is 0. The molecule has 2 aromatic rings. The van der Waals surface area contributed by atoms with E-state index in [9.17, 15) is 9.18 Å². The van der Waals surface area contributed by atoms with Gasteiger partial charge in [0, 0.05) is 13.2 Å². The van der Waals surface area contributed by atoms with Gasteiger partial charge in [-0.05, 0) is 36.1 Å². The van der Waals surface area contributed by atoms with Crippen molar-refractivity contribution in [2.75, 3.05) is 13.2 Å². The fraction of sp³-hybridized carbons (Fsp3) is 0.278. The van der Waals surface area contributed by atoms with Crippen LogP contribution in [0.4, 0.5) is 9.18 Å². The van der Waals surface area contributed by atoms with Crippen LogP contribution in [0.15, 0.2) is 54.6 Å². The van der Waals surface area contributed by atoms with E-state index in [1.54, 1.807) is 6.07 Å². The van der Waals surface area contributed by atoms with Crippen LogP contribution < -0.4 is 10.6 Å². The quantitative estimate of drug-likeness (QED) is 0.735. The van der Waals surface area contributed by atoms with Crippen molar-refractivity contribution in [1.29, 1.82) is 0 Å². The van der Waals surface area contributed by atoms with Crippen LogP contribution in [0.3, 0.4) is 0 Å². The lowest BCUT2D eigenvalue weighted by Crippen LogP contribution is -2.39. The Hall–Kier alpha value is -2.40. The SMILES string of the molecule is O=C(NCCc1cccc(F)c1)N[C@H](CCO)c1ccccc1. The van der Waals surface area contributed by atoms with Gasteiger partial charge in [-0.3, -0.25) is 0 Å². The number of aliphatic hydroxyl groups is 1. The Balaban J connectivity index is 1.82. The lowest BCUT2D eigenvalue weighted by atomic mass is 10.0. The summed E-state index contributed by atoms with van der Waals surface area (Å²) in [6.07, 6.45) is 1.00. The van der Waals surface area contributed by atoms with E-state index in [1.807, 2.05) is 36.4 Å². The van der Waals surface area contributed by atoms with E-state index >= 15 is 0 Å². The number of rotatable bonds is 7. The Bertz CT molecular complexity index is 619. The Morgan fingerprint density at radius 3 is 2.61 bits per heavy atom. The second-order valence-corrected chi connectivity index (χ2v) is 5.26. The third-order valence-corrected chi connectivity index (χ3v) is 3.51. The fourth-order valence-electron chi connectivity index (χ4n) is 2.36. The molecule has 0 radical (unpaired) electrons. The highest BCUT2D eigenvalue weighted by Crippen LogP contribution is 2.15. The van der Waals surface area contributed by atoms with Gasteiger partial charge in [-0.25, -0.2) is 9.18 Å². The number of benzene rings is 2. The van der Waals surface area contributed by atoms with E-state index < -0.39 is 0 Å². The molecular weight excluding hydrogens is 295 g/mol. The van der Waals surface area contributed by atoms with Crippen molar-refractivity contribution in [3.05, 3.63) is 71.5 Å². The van der Waals surface area contributed by atoms with Crippen LogP contribution >= 0.6 is 0 Å². The van der Waals surface area contributed by atoms with E-state index in [-0.39, 0.29) is 24.5 Å². The first-order valence-electron chi connectivity index (χ1n) is 7.63. The van der Waals surface area contributed by atoms with Gasteiger partial charge in [0.15, 0.2) is 0 Å². The third kappa shape index (κ3) is 5.71. The van der Waals surface area contributed by atoms with Crippen molar-refractivity contribution in [2.24, 2.45) is 0 Å². The summed E-state index contributed by atoms with van der Waals surface area (Å²) in [5, 5.41) is 14.8. The first-order chi connectivity index (χ1) is 11.2. The van der Waals surface area contributed by atoms with Gasteiger partial charge in [-0.2, -0.15) is 0 Å². The summed E-state index contributed by atoms with van der Waals surface area (Å²) in [7, 11) is 0. The number of hydrogen-bond acceptors (Lipinski definition) is 2. The number of nitrogens with one attached hydrogen (secondary N) is 2. The number of urea groups is 1. The van der Waals surface area contributed by atoms with Gasteiger partial charge in [-0.15, -0.1) is 0 Å². The number of halogens is 1. The zero-order valence-corrected chi connectivity index (χ0v) is 12.8. The first kappa shape index (κ1) is 17.0. The molecule has 122 valence electrons. The maximum atomic E-state index is 13.1. The molecular formula is C18H21FN2O2. The van der Waals surface area contributed by atoms with Crippen LogP contribution in [0.2, 0.25) is 0 Å². The molecule has 0 aromatic heterocycles. The minimum Gasteiger partial charge on any atom is -0.396 e. The molecule has 0 bridgehead atoms. The van der Waals surface area contributed by atoms with Gasteiger partial charge in [0.1, 0.15) is 5.82 Å². The van der Waals surface area contributed by atoms with Crippen molar-refractivity contribution in [2.45, 2.75) is 18.9 Å². The second-order valence-electron chi connectivity index (χ2n) is 5.26. The Labute approximate surface area is 135 Å². The van der Waals surface area contributed by atoms with E-state index in [2.05, 4.69) is 10.6 Å². The van der Waals surface area contributed by atoms with Gasteiger partial charge >= 0.3 is 6.03 Å². The summed E-state index contributed by atoms with van der Waals surface area (Å²) in [5.74, 6) is -0.279. The number of amides is 2. The van der Waals surface area contributed by atoms with Gasteiger partial charge in [0.2, 0.25) is 0 Å². The number of carbonyl (C=O) groups excluding carboxylic acids is 1. The lowest BCUT2D eigenvalue weighted by molar-refractivity contribution is 0.229. The first-order valence-corrected chi connectivity index (χ1v) is 7.63. The zero-order valence-electron chi connectivity index (χ0n) is 12.8. The molecule has 0 saturated heterocycles. The minimum absolute atomic E-state index is 0.0108. The van der Waals surface area contributed by atoms with E-state index in [4.69, 9.17) is 5.11 Å². The topological polar surface area (TPSA) is 61.4 Å². The normalized spacial score (nSPS) is 11.7. The Kier molecular flexibility index (Phi) is 6.56. The molecule has 4 nitrogen and oxygen atoms in total. The maximum Gasteiger partial charge on any atom is 0.315 e. The van der Waals surface area contributed by atoms with Crippen LogP contribution in [0, 0.1) is 5.82 Å². The number of carbonyl (C=O) groups is 1. The summed E-state index contributed by atoms with van der Waals surface area (Å²) in [5.41, 5.74) is 1.78. The molecule has 0 heterocycles. The molecule has 0 saturated carbocycles. The molecule has 0 aliphatic heterocycles. The van der Waals surface area contributed by atoms with Crippen LogP contribution in [0.5, 0.6) is 0 Å². The van der Waals surface area contributed by atoms with Crippen LogP contribution in [-0.4, -0.2) is 24.3 Å². The highest BCUT2D eigenvalue weighted by molar-refractivity contribution is 5.74. The van der Waals surface area contributed by atoms with Gasteiger partial charge in [0.25, 0.3) is 0 Å². The monoisotopic (exact) mass is 316 g/mol. The third-order valence-electron chi connectivity index (χ3n) is 3.51. The number of aliphatic hydroxyl groups excluding tert-OH is 1. The molecule has 23 heavy (non-hydrogen) atoms. The molecule has 0 aliphatic rings. The van der Waals surface area contributed by atoms with E-state index in [1.165, 1.54) is 12.1 Å². The highest BCUT2D eigenvalue weighted by atomic mass is 19.1. The van der Waals surface area contributed by atoms with Crippen LogP contribution in [-0.2, 0) is 6.42 Å². The largest absolute Gasteiger partial charge is 0.396 e. The molecule has 0 aliphatic carbocycles.